The van der Waals surface area contributed by atoms with Crippen LogP contribution < -0.4 is 0 Å². The van der Waals surface area contributed by atoms with Crippen LogP contribution in [0, 0.1) is 17.0 Å². The highest BCUT2D eigenvalue weighted by Gasteiger charge is 2.39. The van der Waals surface area contributed by atoms with Gasteiger partial charge in [-0.1, -0.05) is 6.07 Å². The van der Waals surface area contributed by atoms with Crippen molar-refractivity contribution in [2.75, 3.05) is 13.6 Å². The number of alkyl halides is 3. The van der Waals surface area contributed by atoms with E-state index >= 15 is 0 Å². The van der Waals surface area contributed by atoms with Gasteiger partial charge in [-0.25, -0.2) is 0 Å². The maximum absolute atomic E-state index is 12.2. The molecule has 0 saturated heterocycles. The summed E-state index contributed by atoms with van der Waals surface area (Å²) in [6.45, 7) is 0.379. The molecule has 0 saturated carbocycles. The van der Waals surface area contributed by atoms with Gasteiger partial charge in [0.25, 0.3) is 11.6 Å². The fourth-order valence-corrected chi connectivity index (χ4v) is 1.70. The molecule has 1 unspecified atom stereocenters. The zero-order valence-electron chi connectivity index (χ0n) is 11.2. The fourth-order valence-electron chi connectivity index (χ4n) is 1.70. The van der Waals surface area contributed by atoms with Crippen molar-refractivity contribution in [1.82, 2.24) is 4.90 Å². The molecule has 0 spiro atoms. The van der Waals surface area contributed by atoms with Crippen molar-refractivity contribution in [1.29, 1.82) is 0 Å². The zero-order chi connectivity index (χ0) is 16.4. The lowest BCUT2D eigenvalue weighted by Gasteiger charge is -2.23. The largest absolute Gasteiger partial charge is 0.416 e. The van der Waals surface area contributed by atoms with E-state index in [0.717, 1.165) is 7.05 Å². The van der Waals surface area contributed by atoms with Crippen molar-refractivity contribution < 1.29 is 28.0 Å². The molecule has 1 aromatic carbocycles. The normalized spacial score (nSPS) is 12.9. The minimum atomic E-state index is -4.84. The van der Waals surface area contributed by atoms with E-state index in [1.165, 1.54) is 25.1 Å². The monoisotopic (exact) mass is 306 g/mol. The summed E-state index contributed by atoms with van der Waals surface area (Å²) in [5.41, 5.74) is -0.326. The summed E-state index contributed by atoms with van der Waals surface area (Å²) in [5, 5.41) is 19.7. The number of hydrogen-bond donors (Lipinski definition) is 1. The number of carbonyl (C=O) groups is 1. The van der Waals surface area contributed by atoms with Crippen molar-refractivity contribution in [2.24, 2.45) is 0 Å². The van der Waals surface area contributed by atoms with Gasteiger partial charge in [0.05, 0.1) is 11.5 Å². The van der Waals surface area contributed by atoms with Crippen molar-refractivity contribution >= 4 is 11.6 Å². The number of nitro benzene ring substituents is 1. The molecule has 21 heavy (non-hydrogen) atoms. The molecule has 6 nitrogen and oxygen atoms in total. The third-order valence-corrected chi connectivity index (χ3v) is 2.90. The molecule has 116 valence electrons. The van der Waals surface area contributed by atoms with Gasteiger partial charge in [-0.05, 0) is 13.0 Å². The van der Waals surface area contributed by atoms with Gasteiger partial charge in [-0.3, -0.25) is 14.9 Å². The highest BCUT2D eigenvalue weighted by Crippen LogP contribution is 2.24. The first-order valence-corrected chi connectivity index (χ1v) is 5.80. The predicted molar refractivity (Wildman–Crippen MR) is 66.9 cm³/mol. The number of hydrogen-bond acceptors (Lipinski definition) is 4. The Kier molecular flexibility index (Phi) is 4.89. The molecule has 0 aliphatic rings. The van der Waals surface area contributed by atoms with Gasteiger partial charge in [0.2, 0.25) is 0 Å². The highest BCUT2D eigenvalue weighted by molar-refractivity contribution is 5.96. The third kappa shape index (κ3) is 3.91. The average molecular weight is 306 g/mol. The van der Waals surface area contributed by atoms with Gasteiger partial charge < -0.3 is 10.0 Å². The predicted octanol–water partition coefficient (Wildman–Crippen LogP) is 1.90. The molecule has 1 amide bonds. The van der Waals surface area contributed by atoms with Gasteiger partial charge in [0, 0.05) is 24.2 Å². The quantitative estimate of drug-likeness (QED) is 0.680. The standard InChI is InChI=1S/C12H13F3N2O4/c1-7-8(4-3-5-9(7)17(20)21)11(19)16(2)6-10(18)12(13,14)15/h3-5,10,18H,6H2,1-2H3. The second-order valence-electron chi connectivity index (χ2n) is 4.45. The molecular weight excluding hydrogens is 293 g/mol. The Bertz CT molecular complexity index is 560. The number of benzene rings is 1. The smallest absolute Gasteiger partial charge is 0.382 e. The van der Waals surface area contributed by atoms with E-state index in [-0.39, 0.29) is 16.8 Å². The Balaban J connectivity index is 2.99. The van der Waals surface area contributed by atoms with Crippen molar-refractivity contribution in [3.05, 3.63) is 39.4 Å². The molecule has 0 radical (unpaired) electrons. The van der Waals surface area contributed by atoms with Crippen LogP contribution in [0.4, 0.5) is 18.9 Å². The van der Waals surface area contributed by atoms with Crippen LogP contribution >= 0.6 is 0 Å². The van der Waals surface area contributed by atoms with Gasteiger partial charge in [-0.2, -0.15) is 13.2 Å². The lowest BCUT2D eigenvalue weighted by Crippen LogP contribution is -2.42. The lowest BCUT2D eigenvalue weighted by atomic mass is 10.1. The number of carbonyl (C=O) groups excluding carboxylic acids is 1. The maximum Gasteiger partial charge on any atom is 0.416 e. The average Bonchev–Trinajstić information content (AvgIpc) is 2.36. The number of halogens is 3. The van der Waals surface area contributed by atoms with Crippen LogP contribution in [0.2, 0.25) is 0 Å². The van der Waals surface area contributed by atoms with Crippen LogP contribution in [-0.2, 0) is 0 Å². The number of likely N-dealkylation sites (N-methyl/N-ethyl adjacent to an activating group) is 1. The summed E-state index contributed by atoms with van der Waals surface area (Å²) >= 11 is 0. The second kappa shape index (κ2) is 6.08. The first-order valence-electron chi connectivity index (χ1n) is 5.80. The van der Waals surface area contributed by atoms with E-state index in [4.69, 9.17) is 5.11 Å². The molecule has 0 bridgehead atoms. The SMILES string of the molecule is Cc1c(C(=O)N(C)CC(O)C(F)(F)F)cccc1[N+](=O)[O-]. The van der Waals surface area contributed by atoms with Crippen molar-refractivity contribution in [2.45, 2.75) is 19.2 Å². The van der Waals surface area contributed by atoms with Crippen LogP contribution in [-0.4, -0.2) is 46.7 Å². The summed E-state index contributed by atoms with van der Waals surface area (Å²) in [6, 6.07) is 3.74. The van der Waals surface area contributed by atoms with Crippen LogP contribution in [0.15, 0.2) is 18.2 Å². The van der Waals surface area contributed by atoms with Gasteiger partial charge in [0.1, 0.15) is 0 Å². The van der Waals surface area contributed by atoms with Crippen LogP contribution in [0.3, 0.4) is 0 Å². The van der Waals surface area contributed by atoms with E-state index in [1.54, 1.807) is 0 Å². The number of aliphatic hydroxyl groups is 1. The molecule has 1 atom stereocenters. The van der Waals surface area contributed by atoms with E-state index in [2.05, 4.69) is 0 Å². The van der Waals surface area contributed by atoms with Gasteiger partial charge >= 0.3 is 6.18 Å². The molecule has 0 fully saturated rings. The molecule has 1 N–H and O–H groups in total. The van der Waals surface area contributed by atoms with E-state index in [9.17, 15) is 28.1 Å². The Morgan fingerprint density at radius 3 is 2.52 bits per heavy atom. The first kappa shape index (κ1) is 16.9. The minimum Gasteiger partial charge on any atom is -0.382 e. The van der Waals surface area contributed by atoms with E-state index < -0.39 is 29.7 Å². The number of aliphatic hydroxyl groups excluding tert-OH is 1. The zero-order valence-corrected chi connectivity index (χ0v) is 11.2. The second-order valence-corrected chi connectivity index (χ2v) is 4.45. The van der Waals surface area contributed by atoms with Crippen LogP contribution in [0.1, 0.15) is 15.9 Å². The molecule has 0 aromatic heterocycles. The summed E-state index contributed by atoms with van der Waals surface area (Å²) in [7, 11) is 1.08. The minimum absolute atomic E-state index is 0.0563. The first-order chi connectivity index (χ1) is 9.55. The Labute approximate surface area is 117 Å². The van der Waals surface area contributed by atoms with Crippen LogP contribution in [0.25, 0.3) is 0 Å². The molecular formula is C12H13F3N2O4. The number of rotatable bonds is 4. The maximum atomic E-state index is 12.2. The Morgan fingerprint density at radius 2 is 2.05 bits per heavy atom. The Hall–Kier alpha value is -2.16. The highest BCUT2D eigenvalue weighted by atomic mass is 19.4. The molecule has 1 aromatic rings. The van der Waals surface area contributed by atoms with Gasteiger partial charge in [-0.15, -0.1) is 0 Å². The Morgan fingerprint density at radius 1 is 1.48 bits per heavy atom. The molecule has 0 aliphatic heterocycles. The molecule has 9 heteroatoms. The molecule has 0 aliphatic carbocycles. The van der Waals surface area contributed by atoms with Crippen molar-refractivity contribution in [3.63, 3.8) is 0 Å². The lowest BCUT2D eigenvalue weighted by molar-refractivity contribution is -0.385. The van der Waals surface area contributed by atoms with Gasteiger partial charge in [0.15, 0.2) is 6.10 Å². The number of nitro groups is 1. The number of amides is 1. The fraction of sp³-hybridized carbons (Fsp3) is 0.417. The summed E-state index contributed by atoms with van der Waals surface area (Å²) in [5.74, 6) is -0.834. The molecule has 1 rings (SSSR count). The van der Waals surface area contributed by atoms with E-state index in [0.29, 0.717) is 4.90 Å². The summed E-state index contributed by atoms with van der Waals surface area (Å²) in [6.07, 6.45) is -7.52. The topological polar surface area (TPSA) is 83.7 Å². The summed E-state index contributed by atoms with van der Waals surface area (Å²) < 4.78 is 36.7. The third-order valence-electron chi connectivity index (χ3n) is 2.90. The molecule has 0 heterocycles. The van der Waals surface area contributed by atoms with Crippen LogP contribution in [0.5, 0.6) is 0 Å². The van der Waals surface area contributed by atoms with Crippen molar-refractivity contribution in [3.8, 4) is 0 Å². The van der Waals surface area contributed by atoms with E-state index in [1.807, 2.05) is 0 Å². The number of nitrogens with zero attached hydrogens (tertiary/aromatic N) is 2. The summed E-state index contributed by atoms with van der Waals surface area (Å²) in [4.78, 5) is 22.8.